The number of benzene rings is 1. The van der Waals surface area contributed by atoms with Gasteiger partial charge in [0, 0.05) is 17.5 Å². The average Bonchev–Trinajstić information content (AvgIpc) is 3.15. The molecule has 0 N–H and O–H groups in total. The van der Waals surface area contributed by atoms with Crippen LogP contribution in [0.5, 0.6) is 0 Å². The van der Waals surface area contributed by atoms with Gasteiger partial charge in [0.15, 0.2) is 0 Å². The number of pyridine rings is 2. The summed E-state index contributed by atoms with van der Waals surface area (Å²) in [6.45, 7) is 7.13. The van der Waals surface area contributed by atoms with Crippen LogP contribution in [0.4, 0.5) is 0 Å². The van der Waals surface area contributed by atoms with Crippen molar-refractivity contribution in [1.29, 1.82) is 0 Å². The third kappa shape index (κ3) is 3.41. The molecule has 5 heteroatoms. The molecule has 5 rings (SSSR count). The molecule has 0 saturated carbocycles. The molecule has 4 aromatic rings. The van der Waals surface area contributed by atoms with Crippen molar-refractivity contribution < 1.29 is 0 Å². The molecule has 0 unspecified atom stereocenters. The highest BCUT2D eigenvalue weighted by molar-refractivity contribution is 5.70. The Bertz CT molecular complexity index is 1220. The topological polar surface area (TPSA) is 56.5 Å². The zero-order valence-electron chi connectivity index (χ0n) is 17.7. The Labute approximate surface area is 176 Å². The summed E-state index contributed by atoms with van der Waals surface area (Å²) in [5, 5.41) is 8.61. The first-order valence-electron chi connectivity index (χ1n) is 10.5. The highest BCUT2D eigenvalue weighted by Gasteiger charge is 2.19. The first-order valence-corrected chi connectivity index (χ1v) is 10.5. The summed E-state index contributed by atoms with van der Waals surface area (Å²) in [5.41, 5.74) is 11.8. The Balaban J connectivity index is 1.50. The van der Waals surface area contributed by atoms with E-state index in [1.807, 2.05) is 29.1 Å². The average molecular weight is 396 g/mol. The van der Waals surface area contributed by atoms with Gasteiger partial charge in [0.1, 0.15) is 5.69 Å². The normalized spacial score (nSPS) is 12.9. The van der Waals surface area contributed by atoms with Gasteiger partial charge in [0.05, 0.1) is 24.1 Å². The van der Waals surface area contributed by atoms with Crippen molar-refractivity contribution >= 4 is 0 Å². The molecule has 0 amide bonds. The third-order valence-corrected chi connectivity index (χ3v) is 6.06. The quantitative estimate of drug-likeness (QED) is 0.497. The fourth-order valence-electron chi connectivity index (χ4n) is 4.23. The minimum atomic E-state index is 0.658. The SMILES string of the molecule is Cc1cc2c(cc1C)-c1nc(C)c(Cn3cc(-c4ccccn4)nn3)cc1CCC2. The van der Waals surface area contributed by atoms with Gasteiger partial charge in [0.25, 0.3) is 0 Å². The molecule has 1 aromatic carbocycles. The molecule has 0 atom stereocenters. The molecular formula is C25H25N5. The summed E-state index contributed by atoms with van der Waals surface area (Å²) in [6, 6.07) is 12.8. The molecule has 1 aliphatic carbocycles. The second-order valence-corrected chi connectivity index (χ2v) is 8.20. The van der Waals surface area contributed by atoms with E-state index >= 15 is 0 Å². The van der Waals surface area contributed by atoms with Crippen molar-refractivity contribution in [2.75, 3.05) is 0 Å². The van der Waals surface area contributed by atoms with E-state index in [9.17, 15) is 0 Å². The predicted molar refractivity (Wildman–Crippen MR) is 118 cm³/mol. The molecule has 0 spiro atoms. The first-order chi connectivity index (χ1) is 14.6. The van der Waals surface area contributed by atoms with E-state index in [0.29, 0.717) is 6.54 Å². The highest BCUT2D eigenvalue weighted by Crippen LogP contribution is 2.34. The van der Waals surface area contributed by atoms with Crippen molar-refractivity contribution in [3.05, 3.63) is 82.3 Å². The van der Waals surface area contributed by atoms with Crippen LogP contribution < -0.4 is 0 Å². The van der Waals surface area contributed by atoms with Crippen LogP contribution in [0.3, 0.4) is 0 Å². The van der Waals surface area contributed by atoms with Gasteiger partial charge in [-0.05, 0) is 92.1 Å². The van der Waals surface area contributed by atoms with Gasteiger partial charge < -0.3 is 0 Å². The van der Waals surface area contributed by atoms with Crippen LogP contribution in [0.15, 0.2) is 48.8 Å². The second kappa shape index (κ2) is 7.48. The maximum Gasteiger partial charge on any atom is 0.131 e. The van der Waals surface area contributed by atoms with Crippen LogP contribution >= 0.6 is 0 Å². The summed E-state index contributed by atoms with van der Waals surface area (Å²) in [6.07, 6.45) is 7.04. The van der Waals surface area contributed by atoms with Gasteiger partial charge in [-0.1, -0.05) is 17.3 Å². The van der Waals surface area contributed by atoms with Crippen molar-refractivity contribution in [2.24, 2.45) is 0 Å². The molecule has 150 valence electrons. The molecule has 0 radical (unpaired) electrons. The molecule has 1 aliphatic rings. The summed E-state index contributed by atoms with van der Waals surface area (Å²) < 4.78 is 1.87. The van der Waals surface area contributed by atoms with Gasteiger partial charge in [-0.2, -0.15) is 0 Å². The van der Waals surface area contributed by atoms with E-state index in [-0.39, 0.29) is 0 Å². The Morgan fingerprint density at radius 3 is 2.60 bits per heavy atom. The van der Waals surface area contributed by atoms with Gasteiger partial charge in [-0.25, -0.2) is 4.68 Å². The number of aryl methyl sites for hydroxylation is 5. The van der Waals surface area contributed by atoms with E-state index in [1.54, 1.807) is 6.20 Å². The van der Waals surface area contributed by atoms with Gasteiger partial charge >= 0.3 is 0 Å². The van der Waals surface area contributed by atoms with Crippen LogP contribution in [0, 0.1) is 20.8 Å². The molecular weight excluding hydrogens is 370 g/mol. The van der Waals surface area contributed by atoms with Crippen molar-refractivity contribution in [2.45, 2.75) is 46.6 Å². The van der Waals surface area contributed by atoms with E-state index in [0.717, 1.165) is 42.0 Å². The van der Waals surface area contributed by atoms with Crippen molar-refractivity contribution in [3.8, 4) is 22.6 Å². The minimum Gasteiger partial charge on any atom is -0.254 e. The fourth-order valence-corrected chi connectivity index (χ4v) is 4.23. The molecule has 3 heterocycles. The second-order valence-electron chi connectivity index (χ2n) is 8.20. The third-order valence-electron chi connectivity index (χ3n) is 6.06. The van der Waals surface area contributed by atoms with E-state index in [2.05, 4.69) is 54.3 Å². The van der Waals surface area contributed by atoms with E-state index in [4.69, 9.17) is 4.98 Å². The predicted octanol–water partition coefficient (Wildman–Crippen LogP) is 4.86. The summed E-state index contributed by atoms with van der Waals surface area (Å²) in [4.78, 5) is 9.43. The lowest BCUT2D eigenvalue weighted by Crippen LogP contribution is -2.06. The number of hydrogen-bond acceptors (Lipinski definition) is 4. The minimum absolute atomic E-state index is 0.658. The largest absolute Gasteiger partial charge is 0.254 e. The molecule has 30 heavy (non-hydrogen) atoms. The van der Waals surface area contributed by atoms with E-state index in [1.165, 1.54) is 33.4 Å². The van der Waals surface area contributed by atoms with Gasteiger partial charge in [-0.3, -0.25) is 9.97 Å². The molecule has 0 aliphatic heterocycles. The van der Waals surface area contributed by atoms with Crippen LogP contribution in [-0.2, 0) is 19.4 Å². The molecule has 5 nitrogen and oxygen atoms in total. The Morgan fingerprint density at radius 2 is 1.77 bits per heavy atom. The van der Waals surface area contributed by atoms with Crippen LogP contribution in [0.1, 0.15) is 39.9 Å². The number of hydrogen-bond donors (Lipinski definition) is 0. The smallest absolute Gasteiger partial charge is 0.131 e. The maximum absolute atomic E-state index is 5.07. The highest BCUT2D eigenvalue weighted by atomic mass is 15.4. The lowest BCUT2D eigenvalue weighted by molar-refractivity contribution is 0.644. The lowest BCUT2D eigenvalue weighted by Gasteiger charge is -2.15. The lowest BCUT2D eigenvalue weighted by atomic mass is 9.95. The standard InChI is InChI=1S/C25H25N5/c1-16-11-19-7-6-8-20-13-21(18(3)27-25(20)22(19)12-17(16)2)14-30-15-24(28-29-30)23-9-4-5-10-26-23/h4-5,9-13,15H,6-8,14H2,1-3H3. The Kier molecular flexibility index (Phi) is 4.66. The zero-order chi connectivity index (χ0) is 20.7. The summed E-state index contributed by atoms with van der Waals surface area (Å²) in [7, 11) is 0. The number of nitrogens with zero attached hydrogens (tertiary/aromatic N) is 5. The summed E-state index contributed by atoms with van der Waals surface area (Å²) in [5.74, 6) is 0. The fraction of sp³-hybridized carbons (Fsp3) is 0.280. The number of aromatic nitrogens is 5. The molecule has 0 saturated heterocycles. The molecule has 3 aromatic heterocycles. The van der Waals surface area contributed by atoms with E-state index < -0.39 is 0 Å². The molecule has 0 bridgehead atoms. The maximum atomic E-state index is 5.07. The number of fused-ring (bicyclic) bond motifs is 3. The van der Waals surface area contributed by atoms with Gasteiger partial charge in [0.2, 0.25) is 0 Å². The summed E-state index contributed by atoms with van der Waals surface area (Å²) >= 11 is 0. The van der Waals surface area contributed by atoms with Crippen molar-refractivity contribution in [1.82, 2.24) is 25.0 Å². The monoisotopic (exact) mass is 395 g/mol. The Hall–Kier alpha value is -3.34. The number of rotatable bonds is 3. The zero-order valence-corrected chi connectivity index (χ0v) is 17.7. The van der Waals surface area contributed by atoms with Crippen LogP contribution in [0.2, 0.25) is 0 Å². The van der Waals surface area contributed by atoms with Crippen molar-refractivity contribution in [3.63, 3.8) is 0 Å². The Morgan fingerprint density at radius 1 is 0.933 bits per heavy atom. The van der Waals surface area contributed by atoms with Gasteiger partial charge in [-0.15, -0.1) is 5.10 Å². The molecule has 0 fully saturated rings. The van der Waals surface area contributed by atoms with Crippen LogP contribution in [-0.4, -0.2) is 25.0 Å². The van der Waals surface area contributed by atoms with Crippen LogP contribution in [0.25, 0.3) is 22.6 Å². The first kappa shape index (κ1) is 18.7.